The van der Waals surface area contributed by atoms with Crippen LogP contribution >= 0.6 is 0 Å². The van der Waals surface area contributed by atoms with Crippen molar-refractivity contribution in [1.82, 2.24) is 10.6 Å². The van der Waals surface area contributed by atoms with Gasteiger partial charge >= 0.3 is 11.9 Å². The van der Waals surface area contributed by atoms with Crippen molar-refractivity contribution < 1.29 is 29.0 Å². The van der Waals surface area contributed by atoms with E-state index in [2.05, 4.69) is 15.4 Å². The number of amides is 2. The van der Waals surface area contributed by atoms with Crippen LogP contribution in [0.5, 0.6) is 0 Å². The second-order valence-corrected chi connectivity index (χ2v) is 5.67. The molecule has 0 fully saturated rings. The molecule has 0 aliphatic heterocycles. The van der Waals surface area contributed by atoms with E-state index in [1.54, 1.807) is 6.92 Å². The van der Waals surface area contributed by atoms with Gasteiger partial charge in [0.2, 0.25) is 11.8 Å². The Bertz CT molecular complexity index is 487. The topological polar surface area (TPSA) is 122 Å². The summed E-state index contributed by atoms with van der Waals surface area (Å²) in [7, 11) is 0. The molecule has 0 radical (unpaired) electrons. The van der Waals surface area contributed by atoms with Crippen LogP contribution in [0.1, 0.15) is 40.5 Å². The highest BCUT2D eigenvalue weighted by molar-refractivity contribution is 5.90. The Labute approximate surface area is 141 Å². The number of ether oxygens (including phenoxy) is 1. The van der Waals surface area contributed by atoms with Gasteiger partial charge < -0.3 is 20.5 Å². The van der Waals surface area contributed by atoms with Crippen molar-refractivity contribution in [3.63, 3.8) is 0 Å². The summed E-state index contributed by atoms with van der Waals surface area (Å²) in [6.45, 7) is 6.94. The van der Waals surface area contributed by atoms with Crippen molar-refractivity contribution in [2.24, 2.45) is 5.92 Å². The first-order valence-electron chi connectivity index (χ1n) is 7.80. The number of hydrogen-bond donors (Lipinski definition) is 3. The molecule has 3 N–H and O–H groups in total. The third-order valence-electron chi connectivity index (χ3n) is 2.93. The van der Waals surface area contributed by atoms with Crippen molar-refractivity contribution in [2.75, 3.05) is 6.61 Å². The minimum atomic E-state index is -1.23. The zero-order chi connectivity index (χ0) is 18.7. The third kappa shape index (κ3) is 9.60. The van der Waals surface area contributed by atoms with E-state index in [1.807, 2.05) is 13.8 Å². The first-order chi connectivity index (χ1) is 11.2. The van der Waals surface area contributed by atoms with Crippen LogP contribution in [-0.2, 0) is 23.9 Å². The standard InChI is InChI=1S/C16H26N2O6/c1-5-24-14(20)8-6-7-12(16(22)23)18-15(21)13(9-10(2)3)17-11(4)19/h6,8,10,12-13H,5,7,9H2,1-4H3,(H,17,19)(H,18,21)(H,22,23)/b8-6+/t12-,13-/m0/s1. The minimum Gasteiger partial charge on any atom is -0.480 e. The Morgan fingerprint density at radius 3 is 2.21 bits per heavy atom. The summed E-state index contributed by atoms with van der Waals surface area (Å²) in [6, 6.07) is -2.01. The van der Waals surface area contributed by atoms with E-state index >= 15 is 0 Å². The van der Waals surface area contributed by atoms with Crippen molar-refractivity contribution in [3.8, 4) is 0 Å². The summed E-state index contributed by atoms with van der Waals surface area (Å²) in [6.07, 6.45) is 2.75. The van der Waals surface area contributed by atoms with E-state index in [4.69, 9.17) is 0 Å². The van der Waals surface area contributed by atoms with Crippen LogP contribution in [0, 0.1) is 5.92 Å². The Kier molecular flexibility index (Phi) is 10.1. The summed E-state index contributed by atoms with van der Waals surface area (Å²) >= 11 is 0. The fourth-order valence-electron chi connectivity index (χ4n) is 1.93. The molecule has 0 bridgehead atoms. The molecule has 0 aromatic carbocycles. The molecular formula is C16H26N2O6. The first-order valence-corrected chi connectivity index (χ1v) is 7.80. The molecule has 0 spiro atoms. The molecular weight excluding hydrogens is 316 g/mol. The van der Waals surface area contributed by atoms with Gasteiger partial charge in [0.05, 0.1) is 6.61 Å². The van der Waals surface area contributed by atoms with Gasteiger partial charge in [-0.2, -0.15) is 0 Å². The van der Waals surface area contributed by atoms with Gasteiger partial charge in [-0.3, -0.25) is 9.59 Å². The highest BCUT2D eigenvalue weighted by atomic mass is 16.5. The molecule has 0 aromatic rings. The van der Waals surface area contributed by atoms with Gasteiger partial charge in [-0.25, -0.2) is 9.59 Å². The number of hydrogen-bond acceptors (Lipinski definition) is 5. The van der Waals surface area contributed by atoms with Crippen LogP contribution in [0.3, 0.4) is 0 Å². The Hall–Kier alpha value is -2.38. The first kappa shape index (κ1) is 21.6. The van der Waals surface area contributed by atoms with Crippen LogP contribution < -0.4 is 10.6 Å². The second kappa shape index (κ2) is 11.2. The lowest BCUT2D eigenvalue weighted by Gasteiger charge is -2.21. The second-order valence-electron chi connectivity index (χ2n) is 5.67. The van der Waals surface area contributed by atoms with E-state index in [1.165, 1.54) is 13.0 Å². The number of nitrogens with one attached hydrogen (secondary N) is 2. The fraction of sp³-hybridized carbons (Fsp3) is 0.625. The smallest absolute Gasteiger partial charge is 0.330 e. The highest BCUT2D eigenvalue weighted by Crippen LogP contribution is 2.06. The molecule has 0 heterocycles. The average molecular weight is 342 g/mol. The number of carboxylic acids is 1. The number of aliphatic carboxylic acids is 1. The van der Waals surface area contributed by atoms with Crippen LogP contribution in [0.2, 0.25) is 0 Å². The normalized spacial score (nSPS) is 13.4. The maximum atomic E-state index is 12.2. The molecule has 0 aliphatic rings. The maximum absolute atomic E-state index is 12.2. The summed E-state index contributed by atoms with van der Waals surface area (Å²) in [5.41, 5.74) is 0. The Morgan fingerprint density at radius 1 is 1.12 bits per heavy atom. The van der Waals surface area contributed by atoms with Crippen LogP contribution in [0.25, 0.3) is 0 Å². The summed E-state index contributed by atoms with van der Waals surface area (Å²) < 4.78 is 4.68. The molecule has 0 aromatic heterocycles. The van der Waals surface area contributed by atoms with Crippen molar-refractivity contribution in [3.05, 3.63) is 12.2 Å². The molecule has 8 heteroatoms. The van der Waals surface area contributed by atoms with Gasteiger partial charge in [0.15, 0.2) is 0 Å². The van der Waals surface area contributed by atoms with Crippen LogP contribution in [0.4, 0.5) is 0 Å². The largest absolute Gasteiger partial charge is 0.480 e. The van der Waals surface area contributed by atoms with Crippen LogP contribution in [0.15, 0.2) is 12.2 Å². The summed E-state index contributed by atoms with van der Waals surface area (Å²) in [4.78, 5) is 45.8. The van der Waals surface area contributed by atoms with Crippen LogP contribution in [-0.4, -0.2) is 47.6 Å². The van der Waals surface area contributed by atoms with E-state index in [0.29, 0.717) is 6.42 Å². The van der Waals surface area contributed by atoms with E-state index < -0.39 is 29.9 Å². The predicted molar refractivity (Wildman–Crippen MR) is 87.0 cm³/mol. The number of rotatable bonds is 10. The molecule has 136 valence electrons. The lowest BCUT2D eigenvalue weighted by atomic mass is 10.0. The quantitative estimate of drug-likeness (QED) is 0.395. The highest BCUT2D eigenvalue weighted by Gasteiger charge is 2.25. The molecule has 0 rings (SSSR count). The van der Waals surface area contributed by atoms with Gasteiger partial charge in [-0.05, 0) is 25.7 Å². The van der Waals surface area contributed by atoms with Gasteiger partial charge in [0.25, 0.3) is 0 Å². The third-order valence-corrected chi connectivity index (χ3v) is 2.93. The zero-order valence-electron chi connectivity index (χ0n) is 14.5. The molecule has 8 nitrogen and oxygen atoms in total. The molecule has 24 heavy (non-hydrogen) atoms. The zero-order valence-corrected chi connectivity index (χ0v) is 14.5. The van der Waals surface area contributed by atoms with E-state index in [-0.39, 0.29) is 24.9 Å². The number of carboxylic acid groups (broad SMARTS) is 1. The Morgan fingerprint density at radius 2 is 1.75 bits per heavy atom. The lowest BCUT2D eigenvalue weighted by molar-refractivity contribution is -0.142. The number of carbonyl (C=O) groups excluding carboxylic acids is 3. The minimum absolute atomic E-state index is 0.0750. The lowest BCUT2D eigenvalue weighted by Crippen LogP contribution is -2.51. The van der Waals surface area contributed by atoms with Gasteiger partial charge in [0, 0.05) is 13.0 Å². The maximum Gasteiger partial charge on any atom is 0.330 e. The summed E-state index contributed by atoms with van der Waals surface area (Å²) in [5, 5.41) is 14.1. The van der Waals surface area contributed by atoms with Gasteiger partial charge in [-0.1, -0.05) is 19.9 Å². The average Bonchev–Trinajstić information content (AvgIpc) is 2.44. The van der Waals surface area contributed by atoms with Gasteiger partial charge in [-0.15, -0.1) is 0 Å². The predicted octanol–water partition coefficient (Wildman–Crippen LogP) is 0.616. The van der Waals surface area contributed by atoms with Gasteiger partial charge in [0.1, 0.15) is 12.1 Å². The van der Waals surface area contributed by atoms with Crippen molar-refractivity contribution in [2.45, 2.75) is 52.6 Å². The molecule has 0 unspecified atom stereocenters. The van der Waals surface area contributed by atoms with Crippen molar-refractivity contribution in [1.29, 1.82) is 0 Å². The fourth-order valence-corrected chi connectivity index (χ4v) is 1.93. The number of carbonyl (C=O) groups is 4. The summed E-state index contributed by atoms with van der Waals surface area (Å²) in [5.74, 6) is -2.62. The van der Waals surface area contributed by atoms with E-state index in [0.717, 1.165) is 6.08 Å². The number of esters is 1. The molecule has 2 amide bonds. The Balaban J connectivity index is 4.82. The monoisotopic (exact) mass is 342 g/mol. The molecule has 2 atom stereocenters. The van der Waals surface area contributed by atoms with E-state index in [9.17, 15) is 24.3 Å². The molecule has 0 saturated carbocycles. The molecule has 0 saturated heterocycles. The van der Waals surface area contributed by atoms with Crippen molar-refractivity contribution >= 4 is 23.8 Å². The molecule has 0 aliphatic carbocycles. The SMILES string of the molecule is CCOC(=O)/C=C/C[C@H](NC(=O)[C@H](CC(C)C)NC(C)=O)C(=O)O.